The molecule has 1 amide bonds. The van der Waals surface area contributed by atoms with E-state index >= 15 is 0 Å². The fourth-order valence-corrected chi connectivity index (χ4v) is 1.90. The Labute approximate surface area is 140 Å². The van der Waals surface area contributed by atoms with Crippen molar-refractivity contribution in [2.75, 3.05) is 11.9 Å². The van der Waals surface area contributed by atoms with E-state index in [0.717, 1.165) is 11.3 Å². The van der Waals surface area contributed by atoms with Gasteiger partial charge < -0.3 is 10.1 Å². The van der Waals surface area contributed by atoms with Crippen LogP contribution in [0.5, 0.6) is 5.75 Å². The third-order valence-electron chi connectivity index (χ3n) is 3.14. The van der Waals surface area contributed by atoms with E-state index in [2.05, 4.69) is 5.32 Å². The van der Waals surface area contributed by atoms with E-state index in [1.165, 1.54) is 6.08 Å². The summed E-state index contributed by atoms with van der Waals surface area (Å²) in [6.07, 6.45) is 1.48. The molecule has 0 unspecified atom stereocenters. The summed E-state index contributed by atoms with van der Waals surface area (Å²) in [5, 5.41) is 20.2. The lowest BCUT2D eigenvalue weighted by Crippen LogP contribution is -2.20. The highest BCUT2D eigenvalue weighted by molar-refractivity contribution is 5.91. The highest BCUT2D eigenvalue weighted by Crippen LogP contribution is 2.15. The van der Waals surface area contributed by atoms with E-state index < -0.39 is 0 Å². The fraction of sp³-hybridized carbons (Fsp3) is 0.105. The summed E-state index contributed by atoms with van der Waals surface area (Å²) in [6, 6.07) is 17.9. The zero-order valence-electron chi connectivity index (χ0n) is 13.1. The molecule has 0 bridgehead atoms. The molecule has 5 nitrogen and oxygen atoms in total. The molecule has 0 atom stereocenters. The number of benzene rings is 2. The van der Waals surface area contributed by atoms with Gasteiger partial charge in [0.2, 0.25) is 0 Å². The Bertz CT molecular complexity index is 807. The number of allylic oxidation sites excluding steroid dienone is 1. The van der Waals surface area contributed by atoms with Crippen molar-refractivity contribution in [3.63, 3.8) is 0 Å². The number of hydrogen-bond donors (Lipinski definition) is 1. The summed E-state index contributed by atoms with van der Waals surface area (Å²) in [6.45, 7) is 1.87. The van der Waals surface area contributed by atoms with E-state index in [-0.39, 0.29) is 18.1 Å². The van der Waals surface area contributed by atoms with Crippen molar-refractivity contribution in [3.8, 4) is 17.9 Å². The quantitative estimate of drug-likeness (QED) is 0.856. The molecule has 0 aliphatic heterocycles. The summed E-state index contributed by atoms with van der Waals surface area (Å²) in [5.74, 6) is 0.278. The van der Waals surface area contributed by atoms with Gasteiger partial charge in [0.1, 0.15) is 23.5 Å². The fourth-order valence-electron chi connectivity index (χ4n) is 1.90. The molecule has 0 aromatic heterocycles. The first kappa shape index (κ1) is 16.8. The van der Waals surface area contributed by atoms with Crippen molar-refractivity contribution in [3.05, 3.63) is 65.2 Å². The van der Waals surface area contributed by atoms with Gasteiger partial charge in [-0.2, -0.15) is 10.5 Å². The molecule has 118 valence electrons. The van der Waals surface area contributed by atoms with Crippen LogP contribution in [-0.4, -0.2) is 12.5 Å². The van der Waals surface area contributed by atoms with E-state index in [1.54, 1.807) is 36.4 Å². The van der Waals surface area contributed by atoms with Crippen LogP contribution in [0, 0.1) is 29.6 Å². The minimum absolute atomic E-state index is 0.0288. The van der Waals surface area contributed by atoms with E-state index in [9.17, 15) is 4.79 Å². The van der Waals surface area contributed by atoms with Gasteiger partial charge >= 0.3 is 0 Å². The predicted octanol–water partition coefficient (Wildman–Crippen LogP) is 3.44. The zero-order valence-corrected chi connectivity index (χ0v) is 13.1. The van der Waals surface area contributed by atoms with Gasteiger partial charge in [0.25, 0.3) is 5.91 Å². The van der Waals surface area contributed by atoms with Gasteiger partial charge in [-0.05, 0) is 42.8 Å². The Kier molecular flexibility index (Phi) is 5.71. The Morgan fingerprint density at radius 2 is 1.71 bits per heavy atom. The number of amides is 1. The van der Waals surface area contributed by atoms with Crippen LogP contribution >= 0.6 is 0 Å². The third kappa shape index (κ3) is 5.01. The normalized spacial score (nSPS) is 9.29. The van der Waals surface area contributed by atoms with Gasteiger partial charge in [-0.15, -0.1) is 0 Å². The summed E-state index contributed by atoms with van der Waals surface area (Å²) in [5.41, 5.74) is 2.58. The van der Waals surface area contributed by atoms with Gasteiger partial charge in [0.15, 0.2) is 6.61 Å². The number of carbonyl (C=O) groups excluding carboxylic acids is 1. The molecule has 0 heterocycles. The van der Waals surface area contributed by atoms with Crippen LogP contribution < -0.4 is 10.1 Å². The number of rotatable bonds is 5. The first-order valence-electron chi connectivity index (χ1n) is 7.22. The van der Waals surface area contributed by atoms with Gasteiger partial charge in [-0.25, -0.2) is 0 Å². The smallest absolute Gasteiger partial charge is 0.262 e. The number of nitriles is 2. The van der Waals surface area contributed by atoms with E-state index in [0.29, 0.717) is 11.3 Å². The van der Waals surface area contributed by atoms with Gasteiger partial charge in [0.05, 0.1) is 0 Å². The highest BCUT2D eigenvalue weighted by atomic mass is 16.5. The van der Waals surface area contributed by atoms with Crippen LogP contribution in [0.25, 0.3) is 6.08 Å². The summed E-state index contributed by atoms with van der Waals surface area (Å²) in [4.78, 5) is 11.8. The molecule has 0 saturated heterocycles. The number of anilines is 1. The molecule has 2 aromatic rings. The molecule has 0 fully saturated rings. The molecule has 1 N–H and O–H groups in total. The summed E-state index contributed by atoms with van der Waals surface area (Å²) in [7, 11) is 0. The van der Waals surface area contributed by atoms with Crippen molar-refractivity contribution in [1.82, 2.24) is 0 Å². The van der Waals surface area contributed by atoms with Crippen LogP contribution in [0.1, 0.15) is 11.1 Å². The number of carbonyl (C=O) groups is 1. The molecular formula is C19H15N3O2. The van der Waals surface area contributed by atoms with Crippen LogP contribution in [-0.2, 0) is 4.79 Å². The minimum atomic E-state index is -0.251. The number of nitrogens with one attached hydrogen (secondary N) is 1. The number of hydrogen-bond acceptors (Lipinski definition) is 4. The lowest BCUT2D eigenvalue weighted by Gasteiger charge is -2.08. The van der Waals surface area contributed by atoms with E-state index in [4.69, 9.17) is 15.3 Å². The zero-order chi connectivity index (χ0) is 17.4. The second kappa shape index (κ2) is 8.17. The van der Waals surface area contributed by atoms with E-state index in [1.807, 2.05) is 31.2 Å². The maximum atomic E-state index is 11.8. The first-order valence-corrected chi connectivity index (χ1v) is 7.22. The third-order valence-corrected chi connectivity index (χ3v) is 3.14. The molecule has 2 aromatic carbocycles. The van der Waals surface area contributed by atoms with Crippen LogP contribution in [0.3, 0.4) is 0 Å². The lowest BCUT2D eigenvalue weighted by atomic mass is 10.1. The SMILES string of the molecule is Cc1ccc(NC(=O)COc2ccc(C=C(C#N)C#N)cc2)cc1. The van der Waals surface area contributed by atoms with Crippen molar-refractivity contribution in [2.45, 2.75) is 6.92 Å². The second-order valence-corrected chi connectivity index (χ2v) is 5.05. The van der Waals surface area contributed by atoms with Crippen molar-refractivity contribution in [2.24, 2.45) is 0 Å². The Morgan fingerprint density at radius 1 is 1.08 bits per heavy atom. The maximum absolute atomic E-state index is 11.8. The van der Waals surface area contributed by atoms with Crippen LogP contribution in [0.4, 0.5) is 5.69 Å². The van der Waals surface area contributed by atoms with Crippen LogP contribution in [0.15, 0.2) is 54.1 Å². The maximum Gasteiger partial charge on any atom is 0.262 e. The predicted molar refractivity (Wildman–Crippen MR) is 90.9 cm³/mol. The molecule has 0 spiro atoms. The average Bonchev–Trinajstić information content (AvgIpc) is 2.61. The number of ether oxygens (including phenoxy) is 1. The largest absolute Gasteiger partial charge is 0.484 e. The highest BCUT2D eigenvalue weighted by Gasteiger charge is 2.04. The monoisotopic (exact) mass is 317 g/mol. The van der Waals surface area contributed by atoms with Crippen molar-refractivity contribution < 1.29 is 9.53 Å². The van der Waals surface area contributed by atoms with Gasteiger partial charge in [-0.1, -0.05) is 29.8 Å². The average molecular weight is 317 g/mol. The standard InChI is InChI=1S/C19H15N3O2/c1-14-2-6-17(7-3-14)22-19(23)13-24-18-8-4-15(5-9-18)10-16(11-20)12-21/h2-10H,13H2,1H3,(H,22,23). The van der Waals surface area contributed by atoms with Gasteiger partial charge in [-0.3, -0.25) is 4.79 Å². The Morgan fingerprint density at radius 3 is 2.29 bits per heavy atom. The molecule has 0 aliphatic rings. The van der Waals surface area contributed by atoms with Crippen molar-refractivity contribution >= 4 is 17.7 Å². The Balaban J connectivity index is 1.89. The summed E-state index contributed by atoms with van der Waals surface area (Å²) < 4.78 is 5.41. The lowest BCUT2D eigenvalue weighted by molar-refractivity contribution is -0.118. The molecule has 2 rings (SSSR count). The second-order valence-electron chi connectivity index (χ2n) is 5.05. The molecule has 0 radical (unpaired) electrons. The van der Waals surface area contributed by atoms with Crippen molar-refractivity contribution in [1.29, 1.82) is 10.5 Å². The minimum Gasteiger partial charge on any atom is -0.484 e. The molecule has 5 heteroatoms. The molecule has 0 saturated carbocycles. The topological polar surface area (TPSA) is 85.9 Å². The Hall–Kier alpha value is -3.57. The number of nitrogens with zero attached hydrogens (tertiary/aromatic N) is 2. The molecular weight excluding hydrogens is 302 g/mol. The summed E-state index contributed by atoms with van der Waals surface area (Å²) >= 11 is 0. The molecule has 24 heavy (non-hydrogen) atoms. The van der Waals surface area contributed by atoms with Gasteiger partial charge in [0, 0.05) is 5.69 Å². The first-order chi connectivity index (χ1) is 11.6. The van der Waals surface area contributed by atoms with Crippen LogP contribution in [0.2, 0.25) is 0 Å². The number of aryl methyl sites for hydroxylation is 1. The molecule has 0 aliphatic carbocycles.